The van der Waals surface area contributed by atoms with E-state index in [4.69, 9.17) is 0 Å². The van der Waals surface area contributed by atoms with Crippen LogP contribution in [0.4, 0.5) is 18.0 Å². The van der Waals surface area contributed by atoms with Crippen molar-refractivity contribution in [1.82, 2.24) is 15.6 Å². The number of pyridine rings is 1. The lowest BCUT2D eigenvalue weighted by molar-refractivity contribution is -0.183. The van der Waals surface area contributed by atoms with Crippen LogP contribution in [0.25, 0.3) is 0 Å². The lowest BCUT2D eigenvalue weighted by Gasteiger charge is -2.31. The van der Waals surface area contributed by atoms with E-state index in [0.717, 1.165) is 11.3 Å². The van der Waals surface area contributed by atoms with Gasteiger partial charge >= 0.3 is 12.2 Å². The summed E-state index contributed by atoms with van der Waals surface area (Å²) in [7, 11) is 0. The summed E-state index contributed by atoms with van der Waals surface area (Å²) in [5.41, 5.74) is 1.93. The summed E-state index contributed by atoms with van der Waals surface area (Å²) >= 11 is 0. The number of nitrogens with one attached hydrogen (secondary N) is 2. The lowest BCUT2D eigenvalue weighted by Crippen LogP contribution is -2.46. The van der Waals surface area contributed by atoms with Crippen LogP contribution in [-0.2, 0) is 6.42 Å². The average molecular weight is 329 g/mol. The fraction of sp³-hybridized carbons (Fsp3) is 0.625. The summed E-state index contributed by atoms with van der Waals surface area (Å²) in [5.74, 6) is -1.31. The van der Waals surface area contributed by atoms with Crippen molar-refractivity contribution in [1.29, 1.82) is 0 Å². The standard InChI is InChI=1S/C16H22F3N3O/c1-11-5-6-12(10-21-11)7-8-20-15(23)22-14-4-2-3-13(9-14)16(17,18)19/h5-6,10,13-14H,2-4,7-9H2,1H3,(H2,20,22,23)/t13-,14+/m0/s1. The highest BCUT2D eigenvalue weighted by Crippen LogP contribution is 2.37. The van der Waals surface area contributed by atoms with Crippen molar-refractivity contribution < 1.29 is 18.0 Å². The molecule has 7 heteroatoms. The third kappa shape index (κ3) is 5.73. The summed E-state index contributed by atoms with van der Waals surface area (Å²) in [6.07, 6.45) is -0.565. The van der Waals surface area contributed by atoms with Crippen molar-refractivity contribution >= 4 is 6.03 Å². The number of urea groups is 1. The second-order valence-electron chi connectivity index (χ2n) is 6.06. The zero-order valence-electron chi connectivity index (χ0n) is 13.1. The van der Waals surface area contributed by atoms with E-state index >= 15 is 0 Å². The van der Waals surface area contributed by atoms with Crippen molar-refractivity contribution in [2.75, 3.05) is 6.54 Å². The number of amides is 2. The smallest absolute Gasteiger partial charge is 0.338 e. The molecule has 0 radical (unpaired) electrons. The third-order valence-electron chi connectivity index (χ3n) is 4.14. The number of hydrogen-bond acceptors (Lipinski definition) is 2. The van der Waals surface area contributed by atoms with Gasteiger partial charge in [0.15, 0.2) is 0 Å². The number of aryl methyl sites for hydroxylation is 1. The van der Waals surface area contributed by atoms with Crippen LogP contribution in [0.5, 0.6) is 0 Å². The number of alkyl halides is 3. The van der Waals surface area contributed by atoms with Crippen molar-refractivity contribution in [2.45, 2.75) is 51.2 Å². The van der Waals surface area contributed by atoms with Crippen molar-refractivity contribution in [3.05, 3.63) is 29.6 Å². The molecule has 2 N–H and O–H groups in total. The van der Waals surface area contributed by atoms with E-state index in [0.29, 0.717) is 25.8 Å². The molecule has 23 heavy (non-hydrogen) atoms. The summed E-state index contributed by atoms with van der Waals surface area (Å²) in [6, 6.07) is 3.03. The van der Waals surface area contributed by atoms with Gasteiger partial charge in [0.05, 0.1) is 5.92 Å². The van der Waals surface area contributed by atoms with E-state index in [2.05, 4.69) is 15.6 Å². The molecule has 0 bridgehead atoms. The SMILES string of the molecule is Cc1ccc(CCNC(=O)N[C@@H]2CCC[C@H](C(F)(F)F)C2)cn1. The Morgan fingerprint density at radius 3 is 2.78 bits per heavy atom. The number of carbonyl (C=O) groups excluding carboxylic acids is 1. The molecular formula is C16H22F3N3O. The van der Waals surface area contributed by atoms with E-state index in [1.165, 1.54) is 0 Å². The highest BCUT2D eigenvalue weighted by molar-refractivity contribution is 5.74. The molecule has 2 atom stereocenters. The summed E-state index contributed by atoms with van der Waals surface area (Å²) < 4.78 is 38.2. The first-order valence-corrected chi connectivity index (χ1v) is 7.87. The number of nitrogens with zero attached hydrogens (tertiary/aromatic N) is 1. The predicted molar refractivity (Wildman–Crippen MR) is 81.0 cm³/mol. The molecule has 2 amide bonds. The van der Waals surface area contributed by atoms with Gasteiger partial charge in [-0.2, -0.15) is 13.2 Å². The van der Waals surface area contributed by atoms with E-state index < -0.39 is 24.2 Å². The third-order valence-corrected chi connectivity index (χ3v) is 4.14. The Hall–Kier alpha value is -1.79. The van der Waals surface area contributed by atoms with Gasteiger partial charge in [0.1, 0.15) is 0 Å². The van der Waals surface area contributed by atoms with E-state index in [-0.39, 0.29) is 12.8 Å². The quantitative estimate of drug-likeness (QED) is 0.890. The number of carbonyl (C=O) groups is 1. The Morgan fingerprint density at radius 2 is 2.13 bits per heavy atom. The minimum Gasteiger partial charge on any atom is -0.338 e. The highest BCUT2D eigenvalue weighted by atomic mass is 19.4. The first-order chi connectivity index (χ1) is 10.8. The molecule has 0 spiro atoms. The average Bonchev–Trinajstić information content (AvgIpc) is 2.49. The van der Waals surface area contributed by atoms with Crippen molar-refractivity contribution in [2.24, 2.45) is 5.92 Å². The fourth-order valence-electron chi connectivity index (χ4n) is 2.82. The van der Waals surface area contributed by atoms with Gasteiger partial charge in [0, 0.05) is 24.5 Å². The Morgan fingerprint density at radius 1 is 1.35 bits per heavy atom. The van der Waals surface area contributed by atoms with Crippen LogP contribution in [0.1, 0.15) is 36.9 Å². The Kier molecular flexibility index (Phi) is 5.85. The molecule has 4 nitrogen and oxygen atoms in total. The van der Waals surface area contributed by atoms with Crippen LogP contribution in [0.2, 0.25) is 0 Å². The first kappa shape index (κ1) is 17.6. The van der Waals surface area contributed by atoms with Gasteiger partial charge in [-0.15, -0.1) is 0 Å². The second kappa shape index (κ2) is 7.66. The maximum atomic E-state index is 12.7. The number of rotatable bonds is 4. The van der Waals surface area contributed by atoms with E-state index in [1.54, 1.807) is 6.20 Å². The Labute approximate surface area is 133 Å². The number of hydrogen-bond donors (Lipinski definition) is 2. The van der Waals surface area contributed by atoms with Gasteiger partial charge in [-0.1, -0.05) is 12.5 Å². The van der Waals surface area contributed by atoms with E-state index in [1.807, 2.05) is 19.1 Å². The van der Waals surface area contributed by atoms with Crippen LogP contribution in [0.3, 0.4) is 0 Å². The predicted octanol–water partition coefficient (Wildman–Crippen LogP) is 3.35. The normalized spacial score (nSPS) is 21.7. The molecule has 0 saturated heterocycles. The lowest BCUT2D eigenvalue weighted by atomic mass is 9.85. The first-order valence-electron chi connectivity index (χ1n) is 7.87. The largest absolute Gasteiger partial charge is 0.391 e. The van der Waals surface area contributed by atoms with E-state index in [9.17, 15) is 18.0 Å². The molecule has 2 rings (SSSR count). The number of halogens is 3. The Bertz CT molecular complexity index is 516. The summed E-state index contributed by atoms with van der Waals surface area (Å²) in [5, 5.41) is 5.34. The minimum atomic E-state index is -4.17. The van der Waals surface area contributed by atoms with Gasteiger partial charge in [0.2, 0.25) is 0 Å². The van der Waals surface area contributed by atoms with Crippen LogP contribution in [-0.4, -0.2) is 29.8 Å². The van der Waals surface area contributed by atoms with Gasteiger partial charge < -0.3 is 10.6 Å². The van der Waals surface area contributed by atoms with Crippen LogP contribution in [0, 0.1) is 12.8 Å². The maximum absolute atomic E-state index is 12.7. The molecule has 1 aromatic rings. The summed E-state index contributed by atoms with van der Waals surface area (Å²) in [4.78, 5) is 16.0. The molecule has 1 fully saturated rings. The zero-order chi connectivity index (χ0) is 16.9. The monoisotopic (exact) mass is 329 g/mol. The highest BCUT2D eigenvalue weighted by Gasteiger charge is 2.42. The number of aromatic nitrogens is 1. The molecule has 0 unspecified atom stereocenters. The molecule has 1 aliphatic carbocycles. The molecule has 0 aliphatic heterocycles. The van der Waals surface area contributed by atoms with Crippen molar-refractivity contribution in [3.8, 4) is 0 Å². The molecule has 1 aromatic heterocycles. The van der Waals surface area contributed by atoms with Gasteiger partial charge in [-0.25, -0.2) is 4.79 Å². The molecule has 1 aliphatic rings. The minimum absolute atomic E-state index is 0.0290. The topological polar surface area (TPSA) is 54.0 Å². The van der Waals surface area contributed by atoms with Crippen LogP contribution < -0.4 is 10.6 Å². The molecule has 1 heterocycles. The second-order valence-corrected chi connectivity index (χ2v) is 6.06. The molecule has 1 saturated carbocycles. The summed E-state index contributed by atoms with van der Waals surface area (Å²) in [6.45, 7) is 2.32. The van der Waals surface area contributed by atoms with Gasteiger partial charge in [-0.05, 0) is 44.2 Å². The Balaban J connectivity index is 1.71. The fourth-order valence-corrected chi connectivity index (χ4v) is 2.82. The molecular weight excluding hydrogens is 307 g/mol. The zero-order valence-corrected chi connectivity index (χ0v) is 13.1. The van der Waals surface area contributed by atoms with Gasteiger partial charge in [0.25, 0.3) is 0 Å². The molecule has 128 valence electrons. The molecule has 0 aromatic carbocycles. The van der Waals surface area contributed by atoms with Crippen LogP contribution >= 0.6 is 0 Å². The van der Waals surface area contributed by atoms with Crippen LogP contribution in [0.15, 0.2) is 18.3 Å². The van der Waals surface area contributed by atoms with Crippen molar-refractivity contribution in [3.63, 3.8) is 0 Å². The van der Waals surface area contributed by atoms with Gasteiger partial charge in [-0.3, -0.25) is 4.98 Å². The maximum Gasteiger partial charge on any atom is 0.391 e.